The van der Waals surface area contributed by atoms with E-state index in [1.165, 1.54) is 44.1 Å². The van der Waals surface area contributed by atoms with E-state index in [1.807, 2.05) is 20.8 Å². The molecule has 1 aromatic carbocycles. The predicted molar refractivity (Wildman–Crippen MR) is 172 cm³/mol. The molecule has 3 fully saturated rings. The Labute approximate surface area is 256 Å². The summed E-state index contributed by atoms with van der Waals surface area (Å²) in [4.78, 5) is 31.2. The highest BCUT2D eigenvalue weighted by Gasteiger charge is 2.38. The minimum absolute atomic E-state index is 0.131. The van der Waals surface area contributed by atoms with Crippen LogP contribution in [0.15, 0.2) is 30.3 Å². The number of amides is 2. The highest BCUT2D eigenvalue weighted by molar-refractivity contribution is 7.99. The standard InChI is InChI=1S/C32H50N4O3S2/c1-32(2,3)39-31(38)36-23-41-22-28(36)29(37)34-27(16-15-24-11-7-4-5-8-12-24)30(40)33-26-17-19-35(20-18-26)21-25-13-9-6-10-14-25/h6,9-10,13-14,24,26-28H,4-5,7-8,11-12,15-23H2,1-3H3,(H,33,40)(H,34,37)/t27-,28+/m1/s1. The highest BCUT2D eigenvalue weighted by atomic mass is 32.2. The first-order valence-electron chi connectivity index (χ1n) is 15.6. The fourth-order valence-electron chi connectivity index (χ4n) is 6.13. The number of thioether (sulfide) groups is 1. The van der Waals surface area contributed by atoms with Crippen molar-refractivity contribution in [3.8, 4) is 0 Å². The van der Waals surface area contributed by atoms with Crippen molar-refractivity contribution >= 4 is 41.0 Å². The number of ether oxygens (including phenoxy) is 1. The average molecular weight is 603 g/mol. The maximum atomic E-state index is 13.6. The molecule has 2 amide bonds. The number of thiocarbonyl (C=S) groups is 1. The zero-order valence-corrected chi connectivity index (χ0v) is 26.9. The van der Waals surface area contributed by atoms with E-state index in [4.69, 9.17) is 17.0 Å². The number of nitrogens with zero attached hydrogens (tertiary/aromatic N) is 2. The van der Waals surface area contributed by atoms with Crippen LogP contribution in [0.3, 0.4) is 0 Å². The minimum atomic E-state index is -0.602. The van der Waals surface area contributed by atoms with Gasteiger partial charge in [-0.05, 0) is 57.9 Å². The first-order valence-corrected chi connectivity index (χ1v) is 17.2. The molecule has 7 nitrogen and oxygen atoms in total. The van der Waals surface area contributed by atoms with E-state index in [1.54, 1.807) is 16.7 Å². The van der Waals surface area contributed by atoms with Crippen LogP contribution >= 0.6 is 24.0 Å². The van der Waals surface area contributed by atoms with E-state index in [0.29, 0.717) is 23.6 Å². The summed E-state index contributed by atoms with van der Waals surface area (Å²) in [5, 5.41) is 6.92. The predicted octanol–water partition coefficient (Wildman–Crippen LogP) is 6.11. The first-order chi connectivity index (χ1) is 19.7. The molecule has 1 aromatic rings. The number of rotatable bonds is 9. The van der Waals surface area contributed by atoms with E-state index in [-0.39, 0.29) is 11.9 Å². The molecule has 41 heavy (non-hydrogen) atoms. The lowest BCUT2D eigenvalue weighted by atomic mass is 9.92. The molecule has 1 saturated carbocycles. The SMILES string of the molecule is CC(C)(C)OC(=O)N1CSC[C@H]1C(=O)N[C@H](CCC1CCCCCC1)C(=S)NC1CCN(Cc2ccccc2)CC1. The van der Waals surface area contributed by atoms with Crippen molar-refractivity contribution in [2.45, 2.75) is 115 Å². The van der Waals surface area contributed by atoms with E-state index in [2.05, 4.69) is 45.9 Å². The number of hydrogen-bond acceptors (Lipinski definition) is 6. The van der Waals surface area contributed by atoms with Gasteiger partial charge in [0.25, 0.3) is 0 Å². The Balaban J connectivity index is 1.34. The summed E-state index contributed by atoms with van der Waals surface area (Å²) in [6.45, 7) is 8.58. The molecule has 2 N–H and O–H groups in total. The number of benzene rings is 1. The lowest BCUT2D eigenvalue weighted by Crippen LogP contribution is -2.55. The highest BCUT2D eigenvalue weighted by Crippen LogP contribution is 2.28. The van der Waals surface area contributed by atoms with E-state index in [9.17, 15) is 9.59 Å². The molecule has 2 heterocycles. The van der Waals surface area contributed by atoms with Gasteiger partial charge in [0.1, 0.15) is 11.6 Å². The summed E-state index contributed by atoms with van der Waals surface area (Å²) in [6, 6.07) is 10.2. The Bertz CT molecular complexity index is 986. The molecule has 0 aromatic heterocycles. The van der Waals surface area contributed by atoms with E-state index in [0.717, 1.165) is 50.3 Å². The summed E-state index contributed by atoms with van der Waals surface area (Å²) in [6.07, 6.45) is 11.3. The molecular weight excluding hydrogens is 553 g/mol. The van der Waals surface area contributed by atoms with Crippen molar-refractivity contribution in [2.75, 3.05) is 24.7 Å². The van der Waals surface area contributed by atoms with E-state index >= 15 is 0 Å². The second-order valence-electron chi connectivity index (χ2n) is 13.0. The number of nitrogens with one attached hydrogen (secondary N) is 2. The van der Waals surface area contributed by atoms with Gasteiger partial charge in [0.2, 0.25) is 5.91 Å². The lowest BCUT2D eigenvalue weighted by Gasteiger charge is -2.34. The molecule has 3 aliphatic rings. The second kappa shape index (κ2) is 15.6. The molecule has 0 unspecified atom stereocenters. The Morgan fingerprint density at radius 3 is 2.39 bits per heavy atom. The zero-order valence-electron chi connectivity index (χ0n) is 25.2. The molecule has 2 aliphatic heterocycles. The van der Waals surface area contributed by atoms with Crippen LogP contribution in [0.1, 0.15) is 90.5 Å². The van der Waals surface area contributed by atoms with Gasteiger partial charge < -0.3 is 15.4 Å². The van der Waals surface area contributed by atoms with Crippen molar-refractivity contribution in [1.29, 1.82) is 0 Å². The quantitative estimate of drug-likeness (QED) is 0.261. The van der Waals surface area contributed by atoms with E-state index < -0.39 is 17.7 Å². The maximum absolute atomic E-state index is 13.6. The lowest BCUT2D eigenvalue weighted by molar-refractivity contribution is -0.125. The van der Waals surface area contributed by atoms with Crippen molar-refractivity contribution in [2.24, 2.45) is 5.92 Å². The fraction of sp³-hybridized carbons (Fsp3) is 0.719. The molecular formula is C32H50N4O3S2. The Morgan fingerprint density at radius 2 is 1.73 bits per heavy atom. The summed E-state index contributed by atoms with van der Waals surface area (Å²) < 4.78 is 5.59. The van der Waals surface area contributed by atoms with Gasteiger partial charge in [-0.1, -0.05) is 81.1 Å². The van der Waals surface area contributed by atoms with Crippen molar-refractivity contribution in [3.05, 3.63) is 35.9 Å². The molecule has 0 bridgehead atoms. The van der Waals surface area contributed by atoms with Gasteiger partial charge in [0, 0.05) is 31.4 Å². The Kier molecular flexibility index (Phi) is 12.2. The second-order valence-corrected chi connectivity index (χ2v) is 14.4. The Hall–Kier alpha value is -1.84. The van der Waals surface area contributed by atoms with Crippen LogP contribution in [0.5, 0.6) is 0 Å². The molecule has 2 saturated heterocycles. The van der Waals surface area contributed by atoms with Crippen molar-refractivity contribution in [1.82, 2.24) is 20.4 Å². The molecule has 1 aliphatic carbocycles. The fourth-order valence-corrected chi connectivity index (χ4v) is 7.62. The molecule has 2 atom stereocenters. The topological polar surface area (TPSA) is 73.9 Å². The van der Waals surface area contributed by atoms with Crippen LogP contribution in [0, 0.1) is 5.92 Å². The molecule has 228 valence electrons. The zero-order chi connectivity index (χ0) is 29.2. The molecule has 9 heteroatoms. The van der Waals surface area contributed by atoms with Crippen LogP contribution in [0.25, 0.3) is 0 Å². The van der Waals surface area contributed by atoms with Gasteiger partial charge in [-0.25, -0.2) is 4.79 Å². The van der Waals surface area contributed by atoms with Crippen molar-refractivity contribution in [3.63, 3.8) is 0 Å². The summed E-state index contributed by atoms with van der Waals surface area (Å²) in [7, 11) is 0. The molecule has 0 spiro atoms. The average Bonchev–Trinajstić information content (AvgIpc) is 3.29. The van der Waals surface area contributed by atoms with Gasteiger partial charge in [-0.2, -0.15) is 0 Å². The summed E-state index contributed by atoms with van der Waals surface area (Å²) in [5.41, 5.74) is 0.746. The number of likely N-dealkylation sites (tertiary alicyclic amines) is 1. The molecule has 0 radical (unpaired) electrons. The van der Waals surface area contributed by atoms with Gasteiger partial charge >= 0.3 is 6.09 Å². The van der Waals surface area contributed by atoms with Gasteiger partial charge in [-0.3, -0.25) is 14.6 Å². The third kappa shape index (κ3) is 10.4. The van der Waals surface area contributed by atoms with Gasteiger partial charge in [-0.15, -0.1) is 11.8 Å². The van der Waals surface area contributed by atoms with Crippen LogP contribution in [0.4, 0.5) is 4.79 Å². The first kappa shape index (κ1) is 32.1. The van der Waals surface area contributed by atoms with Gasteiger partial charge in [0.05, 0.1) is 16.9 Å². The summed E-state index contributed by atoms with van der Waals surface area (Å²) >= 11 is 7.57. The third-order valence-corrected chi connectivity index (χ3v) is 9.88. The largest absolute Gasteiger partial charge is 0.444 e. The number of carbonyl (C=O) groups excluding carboxylic acids is 2. The minimum Gasteiger partial charge on any atom is -0.444 e. The smallest absolute Gasteiger partial charge is 0.411 e. The van der Waals surface area contributed by atoms with Crippen LogP contribution in [-0.4, -0.2) is 75.2 Å². The third-order valence-electron chi connectivity index (χ3n) is 8.47. The van der Waals surface area contributed by atoms with Crippen LogP contribution in [0.2, 0.25) is 0 Å². The van der Waals surface area contributed by atoms with Crippen LogP contribution in [-0.2, 0) is 16.1 Å². The Morgan fingerprint density at radius 1 is 1.05 bits per heavy atom. The number of piperidine rings is 1. The van der Waals surface area contributed by atoms with Crippen LogP contribution < -0.4 is 10.6 Å². The maximum Gasteiger partial charge on any atom is 0.411 e. The summed E-state index contributed by atoms with van der Waals surface area (Å²) in [5.74, 6) is 1.60. The number of hydrogen-bond donors (Lipinski definition) is 2. The van der Waals surface area contributed by atoms with Gasteiger partial charge in [0.15, 0.2) is 0 Å². The molecule has 4 rings (SSSR count). The number of carbonyl (C=O) groups is 2. The van der Waals surface area contributed by atoms with Crippen molar-refractivity contribution < 1.29 is 14.3 Å². The monoisotopic (exact) mass is 602 g/mol. The normalized spacial score (nSPS) is 22.1.